The van der Waals surface area contributed by atoms with Crippen molar-refractivity contribution in [1.29, 1.82) is 0 Å². The first-order valence-electron chi connectivity index (χ1n) is 7.39. The van der Waals surface area contributed by atoms with E-state index in [4.69, 9.17) is 4.98 Å². The largest absolute Gasteiger partial charge is 0.354 e. The number of rotatable bonds is 5. The average Bonchev–Trinajstić information content (AvgIpc) is 2.42. The van der Waals surface area contributed by atoms with Gasteiger partial charge in [-0.05, 0) is 38.4 Å². The van der Waals surface area contributed by atoms with Gasteiger partial charge in [0, 0.05) is 53.2 Å². The van der Waals surface area contributed by atoms with Gasteiger partial charge in [-0.3, -0.25) is 4.21 Å². The highest BCUT2D eigenvalue weighted by Gasteiger charge is 2.20. The van der Waals surface area contributed by atoms with Gasteiger partial charge in [0.15, 0.2) is 0 Å². The Hall–Kier alpha value is -0.940. The summed E-state index contributed by atoms with van der Waals surface area (Å²) in [6, 6.07) is 2.15. The molecule has 4 nitrogen and oxygen atoms in total. The van der Waals surface area contributed by atoms with E-state index < -0.39 is 10.8 Å². The highest BCUT2D eigenvalue weighted by molar-refractivity contribution is 7.85. The molecule has 0 spiro atoms. The minimum Gasteiger partial charge on any atom is -0.354 e. The summed E-state index contributed by atoms with van der Waals surface area (Å²) in [6.45, 7) is 9.96. The molecule has 2 heterocycles. The SMILES string of the molecule is CCCNCc1c(C)cc(C)nc1N1CCS(=O)CC1. The Kier molecular flexibility index (Phi) is 5.54. The molecule has 112 valence electrons. The van der Waals surface area contributed by atoms with Crippen molar-refractivity contribution >= 4 is 16.6 Å². The summed E-state index contributed by atoms with van der Waals surface area (Å²) in [5.41, 5.74) is 3.64. The third-order valence-corrected chi connectivity index (χ3v) is 4.94. The number of aryl methyl sites for hydroxylation is 2. The van der Waals surface area contributed by atoms with Crippen molar-refractivity contribution in [2.45, 2.75) is 33.7 Å². The van der Waals surface area contributed by atoms with Gasteiger partial charge < -0.3 is 10.2 Å². The van der Waals surface area contributed by atoms with Gasteiger partial charge in [0.25, 0.3) is 0 Å². The first kappa shape index (κ1) is 15.4. The molecule has 1 aliphatic heterocycles. The Balaban J connectivity index is 2.22. The molecule has 1 fully saturated rings. The number of hydrogen-bond acceptors (Lipinski definition) is 4. The van der Waals surface area contributed by atoms with E-state index in [1.165, 1.54) is 11.1 Å². The van der Waals surface area contributed by atoms with Crippen LogP contribution in [0.5, 0.6) is 0 Å². The Morgan fingerprint density at radius 1 is 1.35 bits per heavy atom. The number of anilines is 1. The predicted molar refractivity (Wildman–Crippen MR) is 85.8 cm³/mol. The summed E-state index contributed by atoms with van der Waals surface area (Å²) in [5.74, 6) is 2.61. The second kappa shape index (κ2) is 7.18. The molecule has 0 saturated carbocycles. The van der Waals surface area contributed by atoms with Gasteiger partial charge in [-0.1, -0.05) is 6.92 Å². The van der Waals surface area contributed by atoms with Gasteiger partial charge in [-0.2, -0.15) is 0 Å². The van der Waals surface area contributed by atoms with Crippen molar-refractivity contribution in [3.63, 3.8) is 0 Å². The molecule has 2 rings (SSSR count). The van der Waals surface area contributed by atoms with Crippen LogP contribution in [0.1, 0.15) is 30.2 Å². The summed E-state index contributed by atoms with van der Waals surface area (Å²) in [5, 5.41) is 3.47. The normalized spacial score (nSPS) is 16.6. The van der Waals surface area contributed by atoms with Crippen LogP contribution in [-0.2, 0) is 17.3 Å². The molecular formula is C15H25N3OS. The zero-order valence-corrected chi connectivity index (χ0v) is 13.6. The van der Waals surface area contributed by atoms with Crippen LogP contribution in [0.25, 0.3) is 0 Å². The molecule has 1 N–H and O–H groups in total. The molecule has 0 bridgehead atoms. The second-order valence-corrected chi connectivity index (χ2v) is 7.09. The topological polar surface area (TPSA) is 45.2 Å². The molecule has 5 heteroatoms. The third-order valence-electron chi connectivity index (χ3n) is 3.66. The standard InChI is InChI=1S/C15H25N3OS/c1-4-5-16-11-14-12(2)10-13(3)17-15(14)18-6-8-20(19)9-7-18/h10,16H,4-9,11H2,1-3H3. The summed E-state index contributed by atoms with van der Waals surface area (Å²) in [4.78, 5) is 7.04. The number of nitrogens with zero attached hydrogens (tertiary/aromatic N) is 2. The van der Waals surface area contributed by atoms with Crippen molar-refractivity contribution in [3.05, 3.63) is 22.9 Å². The minimum atomic E-state index is -0.644. The molecule has 0 amide bonds. The number of nitrogens with one attached hydrogen (secondary N) is 1. The van der Waals surface area contributed by atoms with E-state index in [9.17, 15) is 4.21 Å². The monoisotopic (exact) mass is 295 g/mol. The lowest BCUT2D eigenvalue weighted by Gasteiger charge is -2.30. The first-order chi connectivity index (χ1) is 9.61. The fourth-order valence-electron chi connectivity index (χ4n) is 2.56. The maximum Gasteiger partial charge on any atom is 0.133 e. The van der Waals surface area contributed by atoms with E-state index in [-0.39, 0.29) is 0 Å². The Morgan fingerprint density at radius 3 is 2.70 bits per heavy atom. The van der Waals surface area contributed by atoms with E-state index in [0.717, 1.165) is 55.6 Å². The fourth-order valence-corrected chi connectivity index (χ4v) is 3.62. The molecule has 0 atom stereocenters. The molecule has 1 aromatic heterocycles. The zero-order valence-electron chi connectivity index (χ0n) is 12.7. The molecule has 0 aromatic carbocycles. The Labute approximate surface area is 124 Å². The summed E-state index contributed by atoms with van der Waals surface area (Å²) in [6.07, 6.45) is 1.14. The van der Waals surface area contributed by atoms with E-state index >= 15 is 0 Å². The van der Waals surface area contributed by atoms with Gasteiger partial charge in [0.2, 0.25) is 0 Å². The molecule has 0 unspecified atom stereocenters. The summed E-state index contributed by atoms with van der Waals surface area (Å²) < 4.78 is 11.5. The summed E-state index contributed by atoms with van der Waals surface area (Å²) >= 11 is 0. The lowest BCUT2D eigenvalue weighted by molar-refractivity contribution is 0.661. The van der Waals surface area contributed by atoms with E-state index in [0.29, 0.717) is 0 Å². The Morgan fingerprint density at radius 2 is 2.05 bits per heavy atom. The van der Waals surface area contributed by atoms with Crippen molar-refractivity contribution in [2.75, 3.05) is 36.0 Å². The van der Waals surface area contributed by atoms with Gasteiger partial charge in [0.1, 0.15) is 5.82 Å². The molecular weight excluding hydrogens is 270 g/mol. The van der Waals surface area contributed by atoms with Crippen molar-refractivity contribution in [3.8, 4) is 0 Å². The quantitative estimate of drug-likeness (QED) is 0.841. The van der Waals surface area contributed by atoms with Gasteiger partial charge in [-0.15, -0.1) is 0 Å². The van der Waals surface area contributed by atoms with Gasteiger partial charge in [0.05, 0.1) is 0 Å². The Bertz CT molecular complexity index is 480. The van der Waals surface area contributed by atoms with Crippen LogP contribution in [0.15, 0.2) is 6.07 Å². The zero-order chi connectivity index (χ0) is 14.5. The van der Waals surface area contributed by atoms with Crippen molar-refractivity contribution < 1.29 is 4.21 Å². The minimum absolute atomic E-state index is 0.644. The molecule has 1 saturated heterocycles. The number of aromatic nitrogens is 1. The third kappa shape index (κ3) is 3.79. The maximum atomic E-state index is 11.5. The van der Waals surface area contributed by atoms with Crippen LogP contribution < -0.4 is 10.2 Å². The molecule has 1 aliphatic rings. The number of pyridine rings is 1. The average molecular weight is 295 g/mol. The lowest BCUT2D eigenvalue weighted by Crippen LogP contribution is -2.39. The van der Waals surface area contributed by atoms with Crippen LogP contribution in [-0.4, -0.2) is 40.3 Å². The highest BCUT2D eigenvalue weighted by atomic mass is 32.2. The molecule has 20 heavy (non-hydrogen) atoms. The lowest BCUT2D eigenvalue weighted by atomic mass is 10.1. The van der Waals surface area contributed by atoms with E-state index in [1.807, 2.05) is 6.92 Å². The fraction of sp³-hybridized carbons (Fsp3) is 0.667. The van der Waals surface area contributed by atoms with Gasteiger partial charge >= 0.3 is 0 Å². The molecule has 0 radical (unpaired) electrons. The first-order valence-corrected chi connectivity index (χ1v) is 8.88. The van der Waals surface area contributed by atoms with Gasteiger partial charge in [-0.25, -0.2) is 4.98 Å². The van der Waals surface area contributed by atoms with E-state index in [2.05, 4.69) is 30.1 Å². The van der Waals surface area contributed by atoms with Crippen LogP contribution in [0, 0.1) is 13.8 Å². The maximum absolute atomic E-state index is 11.5. The van der Waals surface area contributed by atoms with Crippen molar-refractivity contribution in [2.24, 2.45) is 0 Å². The van der Waals surface area contributed by atoms with Crippen LogP contribution in [0.3, 0.4) is 0 Å². The van der Waals surface area contributed by atoms with E-state index in [1.54, 1.807) is 0 Å². The molecule has 1 aromatic rings. The predicted octanol–water partition coefficient (Wildman–Crippen LogP) is 1.77. The number of hydrogen-bond donors (Lipinski definition) is 1. The van der Waals surface area contributed by atoms with Crippen LogP contribution in [0.4, 0.5) is 5.82 Å². The van der Waals surface area contributed by atoms with Crippen LogP contribution in [0.2, 0.25) is 0 Å². The van der Waals surface area contributed by atoms with Crippen LogP contribution >= 0.6 is 0 Å². The molecule has 0 aliphatic carbocycles. The highest BCUT2D eigenvalue weighted by Crippen LogP contribution is 2.23. The second-order valence-electron chi connectivity index (χ2n) is 5.39. The van der Waals surface area contributed by atoms with Crippen molar-refractivity contribution in [1.82, 2.24) is 10.3 Å². The summed E-state index contributed by atoms with van der Waals surface area (Å²) in [7, 11) is -0.644. The smallest absolute Gasteiger partial charge is 0.133 e.